The van der Waals surface area contributed by atoms with E-state index in [9.17, 15) is 8.42 Å². The Hall–Kier alpha value is -0.170. The van der Waals surface area contributed by atoms with E-state index in [1.165, 1.54) is 4.31 Å². The molecule has 0 aromatic carbocycles. The maximum atomic E-state index is 11.8. The molecule has 0 radical (unpaired) electrons. The number of nitrogens with one attached hydrogen (secondary N) is 1. The number of aliphatic hydroxyl groups is 1. The maximum Gasteiger partial charge on any atom is 0.279 e. The molecule has 0 aliphatic rings. The second kappa shape index (κ2) is 7.16. The molecule has 0 aromatic heterocycles. The first-order chi connectivity index (χ1) is 6.97. The van der Waals surface area contributed by atoms with Crippen LogP contribution >= 0.6 is 0 Å². The quantitative estimate of drug-likeness (QED) is 0.640. The topological polar surface area (TPSA) is 69.6 Å². The summed E-state index contributed by atoms with van der Waals surface area (Å²) in [6.07, 6.45) is 1.57. The highest BCUT2D eigenvalue weighted by molar-refractivity contribution is 7.87. The first kappa shape index (κ1) is 14.8. The summed E-state index contributed by atoms with van der Waals surface area (Å²) in [6, 6.07) is -0.439. The Kier molecular flexibility index (Phi) is 7.08. The van der Waals surface area contributed by atoms with Crippen molar-refractivity contribution in [1.29, 1.82) is 0 Å². The number of hydrogen-bond acceptors (Lipinski definition) is 3. The SMILES string of the molecule is CCCN(CCC)S(=O)(=O)NC(C)CO. The van der Waals surface area contributed by atoms with Crippen molar-refractivity contribution in [3.63, 3.8) is 0 Å². The summed E-state index contributed by atoms with van der Waals surface area (Å²) >= 11 is 0. The van der Waals surface area contributed by atoms with Crippen molar-refractivity contribution >= 4 is 10.2 Å². The van der Waals surface area contributed by atoms with E-state index in [2.05, 4.69) is 4.72 Å². The van der Waals surface area contributed by atoms with Crippen LogP contribution in [0.1, 0.15) is 33.6 Å². The second-order valence-electron chi connectivity index (χ2n) is 3.61. The fraction of sp³-hybridized carbons (Fsp3) is 1.00. The molecule has 0 amide bonds. The number of nitrogens with zero attached hydrogens (tertiary/aromatic N) is 1. The van der Waals surface area contributed by atoms with E-state index in [-0.39, 0.29) is 6.61 Å². The van der Waals surface area contributed by atoms with E-state index < -0.39 is 16.3 Å². The van der Waals surface area contributed by atoms with Gasteiger partial charge in [0.05, 0.1) is 6.61 Å². The van der Waals surface area contributed by atoms with E-state index in [1.807, 2.05) is 13.8 Å². The van der Waals surface area contributed by atoms with Crippen LogP contribution < -0.4 is 4.72 Å². The van der Waals surface area contributed by atoms with E-state index in [0.717, 1.165) is 12.8 Å². The van der Waals surface area contributed by atoms with Crippen molar-refractivity contribution in [2.75, 3.05) is 19.7 Å². The van der Waals surface area contributed by atoms with E-state index in [4.69, 9.17) is 5.11 Å². The molecule has 0 saturated heterocycles. The van der Waals surface area contributed by atoms with Crippen molar-refractivity contribution in [1.82, 2.24) is 9.03 Å². The molecule has 1 unspecified atom stereocenters. The van der Waals surface area contributed by atoms with Gasteiger partial charge in [-0.1, -0.05) is 13.8 Å². The van der Waals surface area contributed by atoms with E-state index in [0.29, 0.717) is 13.1 Å². The lowest BCUT2D eigenvalue weighted by Crippen LogP contribution is -2.46. The Morgan fingerprint density at radius 2 is 1.73 bits per heavy atom. The Bertz CT molecular complexity index is 248. The summed E-state index contributed by atoms with van der Waals surface area (Å²) in [7, 11) is -3.43. The standard InChI is InChI=1S/C9H22N2O3S/c1-4-6-11(7-5-2)15(13,14)10-9(3)8-12/h9-10,12H,4-8H2,1-3H3. The molecule has 0 bridgehead atoms. The van der Waals surface area contributed by atoms with Gasteiger partial charge in [-0.25, -0.2) is 0 Å². The van der Waals surface area contributed by atoms with Gasteiger partial charge in [0.15, 0.2) is 0 Å². The van der Waals surface area contributed by atoms with Gasteiger partial charge in [0.25, 0.3) is 10.2 Å². The summed E-state index contributed by atoms with van der Waals surface area (Å²) in [5, 5.41) is 8.79. The van der Waals surface area contributed by atoms with Crippen LogP contribution in [-0.2, 0) is 10.2 Å². The molecule has 0 heterocycles. The fourth-order valence-electron chi connectivity index (χ4n) is 1.22. The maximum absolute atomic E-state index is 11.8. The molecule has 0 fully saturated rings. The summed E-state index contributed by atoms with van der Waals surface area (Å²) in [4.78, 5) is 0. The lowest BCUT2D eigenvalue weighted by Gasteiger charge is -2.23. The van der Waals surface area contributed by atoms with Crippen LogP contribution in [0.2, 0.25) is 0 Å². The molecule has 0 aliphatic heterocycles. The summed E-state index contributed by atoms with van der Waals surface area (Å²) in [5.74, 6) is 0. The molecule has 15 heavy (non-hydrogen) atoms. The van der Waals surface area contributed by atoms with Crippen LogP contribution in [0.5, 0.6) is 0 Å². The van der Waals surface area contributed by atoms with Gasteiger partial charge in [-0.2, -0.15) is 17.4 Å². The van der Waals surface area contributed by atoms with Gasteiger partial charge in [0.1, 0.15) is 0 Å². The third-order valence-corrected chi connectivity index (χ3v) is 3.66. The second-order valence-corrected chi connectivity index (χ2v) is 5.31. The van der Waals surface area contributed by atoms with Gasteiger partial charge < -0.3 is 5.11 Å². The molecule has 0 saturated carbocycles. The van der Waals surface area contributed by atoms with Crippen molar-refractivity contribution in [3.8, 4) is 0 Å². The van der Waals surface area contributed by atoms with Crippen molar-refractivity contribution in [2.24, 2.45) is 0 Å². The summed E-state index contributed by atoms with van der Waals surface area (Å²) in [5.41, 5.74) is 0. The fourth-order valence-corrected chi connectivity index (χ4v) is 2.79. The van der Waals surface area contributed by atoms with Crippen molar-refractivity contribution < 1.29 is 13.5 Å². The number of aliphatic hydroxyl groups excluding tert-OH is 1. The molecule has 5 nitrogen and oxygen atoms in total. The van der Waals surface area contributed by atoms with Gasteiger partial charge in [0.2, 0.25) is 0 Å². The van der Waals surface area contributed by atoms with Gasteiger partial charge in [-0.3, -0.25) is 0 Å². The predicted octanol–water partition coefficient (Wildman–Crippen LogP) is 0.324. The average molecular weight is 238 g/mol. The average Bonchev–Trinajstić information content (AvgIpc) is 2.16. The number of rotatable bonds is 8. The summed E-state index contributed by atoms with van der Waals surface area (Å²) < 4.78 is 27.4. The Labute approximate surface area is 92.7 Å². The van der Waals surface area contributed by atoms with Gasteiger partial charge in [0, 0.05) is 19.1 Å². The highest BCUT2D eigenvalue weighted by Crippen LogP contribution is 2.02. The molecule has 92 valence electrons. The normalized spacial score (nSPS) is 14.5. The Balaban J connectivity index is 4.48. The molecule has 0 rings (SSSR count). The number of hydrogen-bond donors (Lipinski definition) is 2. The summed E-state index contributed by atoms with van der Waals surface area (Å²) in [6.45, 7) is 6.35. The minimum atomic E-state index is -3.43. The minimum Gasteiger partial charge on any atom is -0.395 e. The van der Waals surface area contributed by atoms with Gasteiger partial charge in [-0.15, -0.1) is 0 Å². The monoisotopic (exact) mass is 238 g/mol. The lowest BCUT2D eigenvalue weighted by molar-refractivity contribution is 0.262. The Morgan fingerprint density at radius 1 is 1.27 bits per heavy atom. The van der Waals surface area contributed by atoms with Gasteiger partial charge >= 0.3 is 0 Å². The predicted molar refractivity (Wildman–Crippen MR) is 60.8 cm³/mol. The van der Waals surface area contributed by atoms with Crippen LogP contribution in [0.25, 0.3) is 0 Å². The third-order valence-electron chi connectivity index (χ3n) is 1.91. The third kappa shape index (κ3) is 5.46. The molecule has 1 atom stereocenters. The molecular weight excluding hydrogens is 216 g/mol. The van der Waals surface area contributed by atoms with Crippen LogP contribution in [0.15, 0.2) is 0 Å². The molecular formula is C9H22N2O3S. The largest absolute Gasteiger partial charge is 0.395 e. The first-order valence-electron chi connectivity index (χ1n) is 5.36. The van der Waals surface area contributed by atoms with E-state index >= 15 is 0 Å². The highest BCUT2D eigenvalue weighted by Gasteiger charge is 2.21. The molecule has 0 aromatic rings. The Morgan fingerprint density at radius 3 is 2.07 bits per heavy atom. The molecule has 0 spiro atoms. The zero-order valence-electron chi connectivity index (χ0n) is 9.73. The van der Waals surface area contributed by atoms with Crippen LogP contribution in [0.3, 0.4) is 0 Å². The minimum absolute atomic E-state index is 0.189. The van der Waals surface area contributed by atoms with Crippen LogP contribution in [-0.4, -0.2) is 43.6 Å². The van der Waals surface area contributed by atoms with Crippen LogP contribution in [0, 0.1) is 0 Å². The zero-order chi connectivity index (χ0) is 11.9. The zero-order valence-corrected chi connectivity index (χ0v) is 10.5. The van der Waals surface area contributed by atoms with Crippen molar-refractivity contribution in [3.05, 3.63) is 0 Å². The lowest BCUT2D eigenvalue weighted by atomic mass is 10.4. The smallest absolute Gasteiger partial charge is 0.279 e. The first-order valence-corrected chi connectivity index (χ1v) is 6.80. The molecule has 2 N–H and O–H groups in total. The van der Waals surface area contributed by atoms with Crippen LogP contribution in [0.4, 0.5) is 0 Å². The highest BCUT2D eigenvalue weighted by atomic mass is 32.2. The van der Waals surface area contributed by atoms with E-state index in [1.54, 1.807) is 6.92 Å². The van der Waals surface area contributed by atoms with Gasteiger partial charge in [-0.05, 0) is 19.8 Å². The van der Waals surface area contributed by atoms with Crippen molar-refractivity contribution in [2.45, 2.75) is 39.7 Å². The molecule has 6 heteroatoms. The molecule has 0 aliphatic carbocycles.